The van der Waals surface area contributed by atoms with Gasteiger partial charge in [0.05, 0.1) is 18.3 Å². The summed E-state index contributed by atoms with van der Waals surface area (Å²) in [5.41, 5.74) is 0.512. The minimum atomic E-state index is -0.490. The van der Waals surface area contributed by atoms with E-state index >= 15 is 0 Å². The van der Waals surface area contributed by atoms with E-state index < -0.39 is 11.2 Å². The number of hydroxylamine groups is 2. The van der Waals surface area contributed by atoms with Gasteiger partial charge in [0, 0.05) is 28.9 Å². The summed E-state index contributed by atoms with van der Waals surface area (Å²) in [6.45, 7) is 13.9. The van der Waals surface area contributed by atoms with E-state index in [-0.39, 0.29) is 60.8 Å². The van der Waals surface area contributed by atoms with Crippen molar-refractivity contribution in [1.29, 1.82) is 0 Å². The SMILES string of the molecule is C.C.CON(C)C(=O)[C@H]1CC[C@H]2[C@@H]3CC[C@@H]4C[C@](C)(O)CC[C@]4(C)[C@H]3CC[C@]12C.C[C@@]1(O)CC[C@@]2(C)[C@H](CC[C@@H]3[C@@H]2CC[C@]2(C)[C@@H](C(=O)c4cccc(F)c4)CC[C@@H]32)C1.Fc1cccc(Br)c1. The zero-order valence-electron chi connectivity index (χ0n) is 40.8. The zero-order chi connectivity index (χ0) is 46.9. The van der Waals surface area contributed by atoms with Crippen LogP contribution in [0.4, 0.5) is 8.78 Å². The smallest absolute Gasteiger partial charge is 0.249 e. The highest BCUT2D eigenvalue weighted by Gasteiger charge is 2.64. The molecule has 0 bridgehead atoms. The fraction of sp³-hybridized carbons (Fsp3) is 0.759. The highest BCUT2D eigenvalue weighted by Crippen LogP contribution is 2.70. The number of hydrogen-bond donors (Lipinski definition) is 2. The molecule has 0 saturated heterocycles. The molecule has 8 aliphatic carbocycles. The van der Waals surface area contributed by atoms with Crippen LogP contribution in [0.5, 0.6) is 0 Å². The Balaban J connectivity index is 0.000000186. The first-order valence-corrected chi connectivity index (χ1v) is 26.3. The molecule has 10 rings (SSSR count). The van der Waals surface area contributed by atoms with Crippen molar-refractivity contribution in [3.63, 3.8) is 0 Å². The third-order valence-electron chi connectivity index (χ3n) is 21.0. The van der Waals surface area contributed by atoms with Crippen LogP contribution in [-0.2, 0) is 9.63 Å². The van der Waals surface area contributed by atoms with E-state index in [2.05, 4.69) is 43.6 Å². The van der Waals surface area contributed by atoms with Crippen LogP contribution < -0.4 is 0 Å². The summed E-state index contributed by atoms with van der Waals surface area (Å²) in [5, 5.41) is 22.8. The molecule has 376 valence electrons. The van der Waals surface area contributed by atoms with Gasteiger partial charge in [-0.3, -0.25) is 14.4 Å². The molecule has 0 unspecified atom stereocenters. The average Bonchev–Trinajstić information content (AvgIpc) is 3.80. The molecule has 1 amide bonds. The summed E-state index contributed by atoms with van der Waals surface area (Å²) < 4.78 is 26.7. The monoisotopic (exact) mass is 996 g/mol. The molecule has 8 aliphatic rings. The van der Waals surface area contributed by atoms with E-state index in [4.69, 9.17) is 4.84 Å². The Morgan fingerprint density at radius 2 is 1.04 bits per heavy atom. The molecular formula is C58H88BrF2NO5. The fourth-order valence-corrected chi connectivity index (χ4v) is 17.7. The Labute approximate surface area is 412 Å². The van der Waals surface area contributed by atoms with Crippen molar-refractivity contribution in [2.24, 2.45) is 80.8 Å². The Morgan fingerprint density at radius 3 is 1.49 bits per heavy atom. The van der Waals surface area contributed by atoms with Crippen molar-refractivity contribution in [2.45, 2.75) is 183 Å². The maximum Gasteiger partial charge on any atom is 0.249 e. The lowest BCUT2D eigenvalue weighted by Gasteiger charge is -2.61. The number of rotatable bonds is 4. The summed E-state index contributed by atoms with van der Waals surface area (Å²) in [7, 11) is 3.34. The third kappa shape index (κ3) is 10.0. The molecule has 67 heavy (non-hydrogen) atoms. The maximum atomic E-state index is 13.7. The molecule has 0 heterocycles. The number of Topliss-reactive ketones (excluding diaryl/α,β-unsaturated/α-hetero) is 1. The summed E-state index contributed by atoms with van der Waals surface area (Å²) in [6, 6.07) is 12.5. The number of amides is 1. The quantitative estimate of drug-likeness (QED) is 0.235. The molecule has 0 spiro atoms. The van der Waals surface area contributed by atoms with Crippen LogP contribution in [0.2, 0.25) is 0 Å². The van der Waals surface area contributed by atoms with E-state index in [1.165, 1.54) is 87.1 Å². The average molecular weight is 997 g/mol. The van der Waals surface area contributed by atoms with Crippen LogP contribution in [-0.4, -0.2) is 52.3 Å². The van der Waals surface area contributed by atoms with Gasteiger partial charge in [0.1, 0.15) is 11.6 Å². The zero-order valence-corrected chi connectivity index (χ0v) is 42.4. The fourth-order valence-electron chi connectivity index (χ4n) is 17.3. The molecule has 6 nitrogen and oxygen atoms in total. The predicted molar refractivity (Wildman–Crippen MR) is 270 cm³/mol. The standard InChI is InChI=1S/C27H37FO2.C23H39NO3.C6H4BrF.2CH4/c1-25(30)13-14-26(2)18(16-25)7-8-20-21-9-10-23(27(21,3)12-11-22(20)26)24(29)17-5-4-6-19(28)15-17;1-21(26)12-13-22(2)15(14-21)6-7-16-17-8-9-19(20(25)24(4)27-5)23(17,3)11-10-18(16)22;7-5-2-1-3-6(8)4-5;;/h4-6,15,18,20-23,30H,7-14,16H2,1-3H3;15-19,26H,6-14H2,1-5H3;1-4H;2*1H4/t18-,20+,21+,22+,23-,25-,26+,27+;15-,16+,17+,18+,19-,21-,22+,23+;;;/m11.../s1. The molecule has 8 fully saturated rings. The second-order valence-electron chi connectivity index (χ2n) is 24.4. The van der Waals surface area contributed by atoms with Gasteiger partial charge in [-0.2, -0.15) is 0 Å². The molecule has 2 aromatic carbocycles. The van der Waals surface area contributed by atoms with Gasteiger partial charge in [0.15, 0.2) is 5.78 Å². The van der Waals surface area contributed by atoms with E-state index in [9.17, 15) is 28.6 Å². The number of aliphatic hydroxyl groups is 2. The van der Waals surface area contributed by atoms with Crippen LogP contribution in [0, 0.1) is 92.5 Å². The molecule has 0 aliphatic heterocycles. The highest BCUT2D eigenvalue weighted by atomic mass is 79.9. The number of carbonyl (C=O) groups is 2. The molecule has 2 aromatic rings. The highest BCUT2D eigenvalue weighted by molar-refractivity contribution is 9.10. The second-order valence-corrected chi connectivity index (χ2v) is 25.3. The number of hydrogen-bond acceptors (Lipinski definition) is 5. The van der Waals surface area contributed by atoms with E-state index in [0.717, 1.165) is 80.0 Å². The normalized spacial score (nSPS) is 43.4. The second kappa shape index (κ2) is 20.1. The Bertz CT molecular complexity index is 2040. The molecule has 0 aromatic heterocycles. The van der Waals surface area contributed by atoms with Crippen molar-refractivity contribution in [2.75, 3.05) is 14.2 Å². The van der Waals surface area contributed by atoms with Crippen molar-refractivity contribution >= 4 is 27.6 Å². The van der Waals surface area contributed by atoms with Gasteiger partial charge < -0.3 is 10.2 Å². The first kappa shape index (κ1) is 54.1. The van der Waals surface area contributed by atoms with Crippen LogP contribution >= 0.6 is 15.9 Å². The lowest BCUT2D eigenvalue weighted by atomic mass is 9.44. The first-order valence-electron chi connectivity index (χ1n) is 25.5. The number of fused-ring (bicyclic) bond motifs is 10. The lowest BCUT2D eigenvalue weighted by Crippen LogP contribution is -2.56. The van der Waals surface area contributed by atoms with Crippen molar-refractivity contribution in [3.05, 3.63) is 70.2 Å². The summed E-state index contributed by atoms with van der Waals surface area (Å²) in [6.07, 6.45) is 20.2. The van der Waals surface area contributed by atoms with Gasteiger partial charge in [0.25, 0.3) is 0 Å². The Morgan fingerprint density at radius 1 is 0.597 bits per heavy atom. The number of nitrogens with zero attached hydrogens (tertiary/aromatic N) is 1. The molecular weight excluding hydrogens is 909 g/mol. The number of ketones is 1. The summed E-state index contributed by atoms with van der Waals surface area (Å²) in [5.74, 6) is 5.53. The van der Waals surface area contributed by atoms with Crippen LogP contribution in [0.3, 0.4) is 0 Å². The topological polar surface area (TPSA) is 87.1 Å². The van der Waals surface area contributed by atoms with Crippen LogP contribution in [0.1, 0.15) is 182 Å². The van der Waals surface area contributed by atoms with Gasteiger partial charge in [0.2, 0.25) is 5.91 Å². The molecule has 9 heteroatoms. The minimum absolute atomic E-state index is 0. The summed E-state index contributed by atoms with van der Waals surface area (Å²) in [4.78, 5) is 31.5. The molecule has 16 atom stereocenters. The predicted octanol–water partition coefficient (Wildman–Crippen LogP) is 14.7. The molecule has 8 saturated carbocycles. The largest absolute Gasteiger partial charge is 0.390 e. The van der Waals surface area contributed by atoms with E-state index in [0.29, 0.717) is 46.0 Å². The third-order valence-corrected chi connectivity index (χ3v) is 21.5. The van der Waals surface area contributed by atoms with Crippen molar-refractivity contribution < 1.29 is 33.4 Å². The Hall–Kier alpha value is -2.20. The van der Waals surface area contributed by atoms with Gasteiger partial charge >= 0.3 is 0 Å². The van der Waals surface area contributed by atoms with Gasteiger partial charge in [-0.1, -0.05) is 76.7 Å². The van der Waals surface area contributed by atoms with Gasteiger partial charge in [-0.05, 0) is 229 Å². The number of halogens is 3. The Kier molecular flexibility index (Phi) is 16.3. The number of benzene rings is 2. The summed E-state index contributed by atoms with van der Waals surface area (Å²) >= 11 is 3.12. The van der Waals surface area contributed by atoms with Crippen LogP contribution in [0.25, 0.3) is 0 Å². The van der Waals surface area contributed by atoms with Crippen molar-refractivity contribution in [3.8, 4) is 0 Å². The maximum absolute atomic E-state index is 13.7. The van der Waals surface area contributed by atoms with Gasteiger partial charge in [-0.15, -0.1) is 0 Å². The lowest BCUT2D eigenvalue weighted by molar-refractivity contribution is -0.182. The van der Waals surface area contributed by atoms with E-state index in [1.807, 2.05) is 13.8 Å². The molecule has 0 radical (unpaired) electrons. The number of carbonyl (C=O) groups excluding carboxylic acids is 2. The van der Waals surface area contributed by atoms with E-state index in [1.54, 1.807) is 38.4 Å². The van der Waals surface area contributed by atoms with Crippen molar-refractivity contribution in [1.82, 2.24) is 5.06 Å². The van der Waals surface area contributed by atoms with Gasteiger partial charge in [-0.25, -0.2) is 13.8 Å². The first-order chi connectivity index (χ1) is 30.5. The minimum Gasteiger partial charge on any atom is -0.390 e. The molecule has 2 N–H and O–H groups in total. The van der Waals surface area contributed by atoms with Crippen LogP contribution in [0.15, 0.2) is 53.0 Å².